The first-order chi connectivity index (χ1) is 17.6. The van der Waals surface area contributed by atoms with Crippen molar-refractivity contribution in [3.8, 4) is 5.69 Å². The highest BCUT2D eigenvalue weighted by atomic mass is 35.5. The Kier molecular flexibility index (Phi) is 7.99. The van der Waals surface area contributed by atoms with Crippen LogP contribution in [0, 0.1) is 5.92 Å². The molecule has 3 N–H and O–H groups in total. The van der Waals surface area contributed by atoms with Crippen LogP contribution in [0.5, 0.6) is 0 Å². The molecule has 0 radical (unpaired) electrons. The van der Waals surface area contributed by atoms with E-state index in [4.69, 9.17) is 11.6 Å². The molecule has 4 rings (SSSR count). The first kappa shape index (κ1) is 26.4. The minimum Gasteiger partial charge on any atom is -0.465 e. The molecule has 0 bridgehead atoms. The predicted molar refractivity (Wildman–Crippen MR) is 142 cm³/mol. The van der Waals surface area contributed by atoms with Crippen molar-refractivity contribution < 1.29 is 19.5 Å². The Morgan fingerprint density at radius 1 is 1.05 bits per heavy atom. The number of carbonyl (C=O) groups is 3. The van der Waals surface area contributed by atoms with Gasteiger partial charge in [-0.15, -0.1) is 11.3 Å². The van der Waals surface area contributed by atoms with Crippen molar-refractivity contribution in [2.75, 3.05) is 6.54 Å². The Morgan fingerprint density at radius 2 is 1.78 bits per heavy atom. The Bertz CT molecular complexity index is 1350. The van der Waals surface area contributed by atoms with Crippen LogP contribution in [-0.4, -0.2) is 57.2 Å². The van der Waals surface area contributed by atoms with Crippen LogP contribution in [-0.2, 0) is 0 Å². The lowest BCUT2D eigenvalue weighted by Crippen LogP contribution is -2.54. The first-order valence-corrected chi connectivity index (χ1v) is 13.0. The van der Waals surface area contributed by atoms with E-state index >= 15 is 0 Å². The molecule has 9 nitrogen and oxygen atoms in total. The SMILES string of the molecule is CC(C)CC1[C@H](NC(=O)c2ccc(Cl)s2)[C@@H](NC(=O)c2ccc(-n3ccccc3=O)cc2)CN1C(=O)O. The van der Waals surface area contributed by atoms with Crippen LogP contribution in [0.1, 0.15) is 40.3 Å². The van der Waals surface area contributed by atoms with Gasteiger partial charge in [0.05, 0.1) is 27.3 Å². The summed E-state index contributed by atoms with van der Waals surface area (Å²) < 4.78 is 1.93. The number of rotatable bonds is 7. The largest absolute Gasteiger partial charge is 0.465 e. The van der Waals surface area contributed by atoms with Crippen molar-refractivity contribution in [2.45, 2.75) is 38.4 Å². The quantitative estimate of drug-likeness (QED) is 0.419. The van der Waals surface area contributed by atoms with Gasteiger partial charge >= 0.3 is 6.09 Å². The van der Waals surface area contributed by atoms with Crippen molar-refractivity contribution in [3.63, 3.8) is 0 Å². The van der Waals surface area contributed by atoms with E-state index in [0.29, 0.717) is 26.9 Å². The third-order valence-corrected chi connectivity index (χ3v) is 7.47. The zero-order valence-corrected chi connectivity index (χ0v) is 21.8. The Hall–Kier alpha value is -3.63. The van der Waals surface area contributed by atoms with Crippen molar-refractivity contribution in [1.82, 2.24) is 20.1 Å². The van der Waals surface area contributed by atoms with Crippen LogP contribution >= 0.6 is 22.9 Å². The number of benzene rings is 1. The maximum atomic E-state index is 13.2. The number of carboxylic acid groups (broad SMARTS) is 1. The molecule has 194 valence electrons. The molecule has 1 saturated heterocycles. The van der Waals surface area contributed by atoms with E-state index in [2.05, 4.69) is 10.6 Å². The van der Waals surface area contributed by atoms with E-state index in [9.17, 15) is 24.3 Å². The Labute approximate surface area is 222 Å². The number of thiophene rings is 1. The molecule has 1 aliphatic heterocycles. The second-order valence-corrected chi connectivity index (χ2v) is 11.0. The van der Waals surface area contributed by atoms with Crippen LogP contribution in [0.3, 0.4) is 0 Å². The number of amides is 3. The molecule has 0 spiro atoms. The topological polar surface area (TPSA) is 121 Å². The Balaban J connectivity index is 1.56. The van der Waals surface area contributed by atoms with Gasteiger partial charge in [-0.05, 0) is 54.8 Å². The van der Waals surface area contributed by atoms with Crippen molar-refractivity contribution in [1.29, 1.82) is 0 Å². The molecule has 1 aromatic carbocycles. The number of hydrogen-bond donors (Lipinski definition) is 3. The molecule has 2 aromatic heterocycles. The number of nitrogens with one attached hydrogen (secondary N) is 2. The average Bonchev–Trinajstić information content (AvgIpc) is 3.43. The maximum Gasteiger partial charge on any atom is 0.407 e. The smallest absolute Gasteiger partial charge is 0.407 e. The van der Waals surface area contributed by atoms with Gasteiger partial charge in [0, 0.05) is 30.1 Å². The number of aromatic nitrogens is 1. The lowest BCUT2D eigenvalue weighted by atomic mass is 9.96. The van der Waals surface area contributed by atoms with Gasteiger partial charge in [-0.2, -0.15) is 0 Å². The molecule has 37 heavy (non-hydrogen) atoms. The van der Waals surface area contributed by atoms with E-state index in [1.54, 1.807) is 54.7 Å². The van der Waals surface area contributed by atoms with E-state index in [1.165, 1.54) is 15.5 Å². The van der Waals surface area contributed by atoms with Gasteiger partial charge < -0.3 is 20.6 Å². The summed E-state index contributed by atoms with van der Waals surface area (Å²) in [4.78, 5) is 51.9. The summed E-state index contributed by atoms with van der Waals surface area (Å²) in [7, 11) is 0. The number of halogens is 1. The summed E-state index contributed by atoms with van der Waals surface area (Å²) in [6, 6.07) is 12.8. The van der Waals surface area contributed by atoms with Crippen LogP contribution < -0.4 is 16.2 Å². The average molecular weight is 543 g/mol. The fourth-order valence-electron chi connectivity index (χ4n) is 4.56. The lowest BCUT2D eigenvalue weighted by Gasteiger charge is -2.29. The van der Waals surface area contributed by atoms with E-state index in [-0.39, 0.29) is 23.9 Å². The minimum atomic E-state index is -1.11. The molecule has 1 fully saturated rings. The van der Waals surface area contributed by atoms with Gasteiger partial charge in [0.25, 0.3) is 17.4 Å². The number of pyridine rings is 1. The van der Waals surface area contributed by atoms with E-state index in [1.807, 2.05) is 13.8 Å². The number of nitrogens with zero attached hydrogens (tertiary/aromatic N) is 2. The molecule has 3 aromatic rings. The minimum absolute atomic E-state index is 0.0338. The second-order valence-electron chi connectivity index (χ2n) is 9.27. The predicted octanol–water partition coefficient (Wildman–Crippen LogP) is 3.86. The van der Waals surface area contributed by atoms with Gasteiger partial charge in [0.1, 0.15) is 0 Å². The molecule has 3 atom stereocenters. The number of hydrogen-bond acceptors (Lipinski definition) is 5. The van der Waals surface area contributed by atoms with E-state index < -0.39 is 30.1 Å². The molecule has 3 amide bonds. The fraction of sp³-hybridized carbons (Fsp3) is 0.308. The molecular weight excluding hydrogens is 516 g/mol. The van der Waals surface area contributed by atoms with Gasteiger partial charge in [-0.3, -0.25) is 19.0 Å². The van der Waals surface area contributed by atoms with Crippen molar-refractivity contribution >= 4 is 40.8 Å². The van der Waals surface area contributed by atoms with Crippen molar-refractivity contribution in [2.24, 2.45) is 5.92 Å². The molecule has 1 unspecified atom stereocenters. The summed E-state index contributed by atoms with van der Waals surface area (Å²) in [5.41, 5.74) is 0.759. The van der Waals surface area contributed by atoms with Crippen LogP contribution in [0.2, 0.25) is 4.34 Å². The summed E-state index contributed by atoms with van der Waals surface area (Å²) in [6.07, 6.45) is 1.03. The summed E-state index contributed by atoms with van der Waals surface area (Å²) in [6.45, 7) is 3.99. The fourth-order valence-corrected chi connectivity index (χ4v) is 5.50. The monoisotopic (exact) mass is 542 g/mol. The molecular formula is C26H27ClN4O5S. The van der Waals surface area contributed by atoms with Gasteiger partial charge in [-0.1, -0.05) is 31.5 Å². The van der Waals surface area contributed by atoms with Crippen LogP contribution in [0.4, 0.5) is 4.79 Å². The molecule has 3 heterocycles. The summed E-state index contributed by atoms with van der Waals surface area (Å²) in [5, 5.41) is 15.7. The zero-order valence-electron chi connectivity index (χ0n) is 20.3. The normalized spacial score (nSPS) is 19.1. The highest BCUT2D eigenvalue weighted by Gasteiger charge is 2.45. The van der Waals surface area contributed by atoms with E-state index in [0.717, 1.165) is 11.3 Å². The van der Waals surface area contributed by atoms with Gasteiger partial charge in [-0.25, -0.2) is 4.79 Å². The van der Waals surface area contributed by atoms with Gasteiger partial charge in [0.2, 0.25) is 0 Å². The molecule has 1 aliphatic rings. The van der Waals surface area contributed by atoms with Crippen LogP contribution in [0.15, 0.2) is 65.6 Å². The van der Waals surface area contributed by atoms with Crippen LogP contribution in [0.25, 0.3) is 5.69 Å². The Morgan fingerprint density at radius 3 is 2.38 bits per heavy atom. The highest BCUT2D eigenvalue weighted by Crippen LogP contribution is 2.27. The molecule has 0 aliphatic carbocycles. The lowest BCUT2D eigenvalue weighted by molar-refractivity contribution is 0.0886. The van der Waals surface area contributed by atoms with Crippen molar-refractivity contribution in [3.05, 3.63) is 85.9 Å². The summed E-state index contributed by atoms with van der Waals surface area (Å²) >= 11 is 7.11. The third-order valence-electron chi connectivity index (χ3n) is 6.24. The molecule has 11 heteroatoms. The van der Waals surface area contributed by atoms with Gasteiger partial charge in [0.15, 0.2) is 0 Å². The summed E-state index contributed by atoms with van der Waals surface area (Å²) in [5.74, 6) is -0.628. The highest BCUT2D eigenvalue weighted by molar-refractivity contribution is 7.18. The second kappa shape index (κ2) is 11.2. The molecule has 0 saturated carbocycles. The first-order valence-electron chi connectivity index (χ1n) is 11.8. The maximum absolute atomic E-state index is 13.2. The zero-order chi connectivity index (χ0) is 26.7. The third kappa shape index (κ3) is 6.03. The number of carbonyl (C=O) groups excluding carboxylic acids is 2. The standard InChI is InChI=1S/C26H27ClN4O5S/c1-15(2)13-19-23(29-25(34)20-10-11-21(27)37-20)18(14-31(19)26(35)36)28-24(33)16-6-8-17(9-7-16)30-12-4-3-5-22(30)32/h3-12,15,18-19,23H,13-14H2,1-2H3,(H,28,33)(H,29,34)(H,35,36)/t18-,19?,23+/m0/s1. The number of likely N-dealkylation sites (tertiary alicyclic amines) is 1.